The van der Waals surface area contributed by atoms with Crippen LogP contribution in [0.15, 0.2) is 84.9 Å². The van der Waals surface area contributed by atoms with Crippen LogP contribution in [0.5, 0.6) is 17.2 Å². The SMILES string of the molecule is COc1ccc2c(c1)Oc1cc(NC(=O)OCc3ccc(NC(=O)[C@@H](N)CC(C)C)cc3)ccc1C21OCc2ccccc21. The van der Waals surface area contributed by atoms with Gasteiger partial charge in [-0.3, -0.25) is 10.1 Å². The molecule has 4 aromatic carbocycles. The molecule has 2 heterocycles. The van der Waals surface area contributed by atoms with Crippen LogP contribution in [-0.4, -0.2) is 25.2 Å². The molecule has 0 saturated heterocycles. The van der Waals surface area contributed by atoms with Crippen LogP contribution in [0.4, 0.5) is 16.2 Å². The van der Waals surface area contributed by atoms with E-state index in [1.807, 2.05) is 56.3 Å². The number of fused-ring (bicyclic) bond motifs is 6. The zero-order valence-electron chi connectivity index (χ0n) is 24.9. The molecule has 2 atom stereocenters. The average Bonchev–Trinajstić information content (AvgIpc) is 3.40. The third kappa shape index (κ3) is 5.59. The van der Waals surface area contributed by atoms with Crippen molar-refractivity contribution in [2.75, 3.05) is 17.7 Å². The van der Waals surface area contributed by atoms with E-state index in [-0.39, 0.29) is 12.5 Å². The van der Waals surface area contributed by atoms with Crippen molar-refractivity contribution in [2.24, 2.45) is 11.7 Å². The van der Waals surface area contributed by atoms with Crippen molar-refractivity contribution in [1.29, 1.82) is 0 Å². The van der Waals surface area contributed by atoms with Crippen LogP contribution in [0.25, 0.3) is 0 Å². The van der Waals surface area contributed by atoms with Crippen molar-refractivity contribution in [3.05, 3.63) is 113 Å². The van der Waals surface area contributed by atoms with Gasteiger partial charge in [0.2, 0.25) is 5.91 Å². The molecule has 0 aliphatic carbocycles. The summed E-state index contributed by atoms with van der Waals surface area (Å²) >= 11 is 0. The number of anilines is 2. The summed E-state index contributed by atoms with van der Waals surface area (Å²) in [4.78, 5) is 25.0. The quantitative estimate of drug-likeness (QED) is 0.208. The maximum absolute atomic E-state index is 12.7. The number of benzene rings is 4. The smallest absolute Gasteiger partial charge is 0.411 e. The van der Waals surface area contributed by atoms with Gasteiger partial charge in [-0.25, -0.2) is 4.79 Å². The number of nitrogens with one attached hydrogen (secondary N) is 2. The minimum Gasteiger partial charge on any atom is -0.497 e. The molecule has 1 unspecified atom stereocenters. The molecule has 9 nitrogen and oxygen atoms in total. The summed E-state index contributed by atoms with van der Waals surface area (Å²) in [6.07, 6.45) is -0.00883. The Balaban J connectivity index is 1.15. The molecule has 0 aromatic heterocycles. The van der Waals surface area contributed by atoms with E-state index >= 15 is 0 Å². The second kappa shape index (κ2) is 12.0. The van der Waals surface area contributed by atoms with Crippen molar-refractivity contribution >= 4 is 23.4 Å². The molecule has 0 radical (unpaired) electrons. The molecule has 0 bridgehead atoms. The lowest BCUT2D eigenvalue weighted by Crippen LogP contribution is -2.36. The molecule has 0 fully saturated rings. The lowest BCUT2D eigenvalue weighted by molar-refractivity contribution is -0.117. The van der Waals surface area contributed by atoms with Crippen molar-refractivity contribution in [3.63, 3.8) is 0 Å². The van der Waals surface area contributed by atoms with Crippen LogP contribution >= 0.6 is 0 Å². The molecule has 4 N–H and O–H groups in total. The molecule has 1 spiro atoms. The van der Waals surface area contributed by atoms with Gasteiger partial charge in [0, 0.05) is 34.6 Å². The Hall–Kier alpha value is -4.86. The van der Waals surface area contributed by atoms with E-state index in [0.29, 0.717) is 47.6 Å². The predicted molar refractivity (Wildman–Crippen MR) is 167 cm³/mol. The lowest BCUT2D eigenvalue weighted by atomic mass is 9.77. The van der Waals surface area contributed by atoms with Gasteiger partial charge >= 0.3 is 6.09 Å². The van der Waals surface area contributed by atoms with E-state index in [2.05, 4.69) is 22.8 Å². The minimum atomic E-state index is -0.851. The second-order valence-electron chi connectivity index (χ2n) is 11.4. The Morgan fingerprint density at radius 1 is 0.886 bits per heavy atom. The minimum absolute atomic E-state index is 0.0509. The Bertz CT molecular complexity index is 1700. The Kier molecular flexibility index (Phi) is 7.99. The molecule has 4 aromatic rings. The molecule has 2 aliphatic rings. The Morgan fingerprint density at radius 3 is 2.34 bits per heavy atom. The molecule has 226 valence electrons. The number of carbonyl (C=O) groups excluding carboxylic acids is 2. The van der Waals surface area contributed by atoms with Gasteiger partial charge < -0.3 is 30.0 Å². The molecule has 44 heavy (non-hydrogen) atoms. The first-order valence-electron chi connectivity index (χ1n) is 14.6. The van der Waals surface area contributed by atoms with Gasteiger partial charge in [-0.15, -0.1) is 0 Å². The van der Waals surface area contributed by atoms with Crippen LogP contribution in [0.3, 0.4) is 0 Å². The van der Waals surface area contributed by atoms with Crippen molar-refractivity contribution in [3.8, 4) is 17.2 Å². The topological polar surface area (TPSA) is 121 Å². The fourth-order valence-corrected chi connectivity index (χ4v) is 5.78. The van der Waals surface area contributed by atoms with Gasteiger partial charge in [0.25, 0.3) is 0 Å². The molecular weight excluding hydrogens is 558 g/mol. The first-order valence-corrected chi connectivity index (χ1v) is 14.6. The van der Waals surface area contributed by atoms with Gasteiger partial charge in [-0.05, 0) is 65.4 Å². The van der Waals surface area contributed by atoms with Gasteiger partial charge in [-0.1, -0.05) is 50.2 Å². The highest BCUT2D eigenvalue weighted by Crippen LogP contribution is 2.56. The van der Waals surface area contributed by atoms with E-state index in [9.17, 15) is 9.59 Å². The normalized spacial score (nSPS) is 16.8. The van der Waals surface area contributed by atoms with Crippen LogP contribution in [-0.2, 0) is 33.1 Å². The maximum Gasteiger partial charge on any atom is 0.411 e. The van der Waals surface area contributed by atoms with E-state index in [1.165, 1.54) is 0 Å². The average molecular weight is 594 g/mol. The fourth-order valence-electron chi connectivity index (χ4n) is 5.78. The van der Waals surface area contributed by atoms with Crippen LogP contribution < -0.4 is 25.8 Å². The molecule has 2 amide bonds. The van der Waals surface area contributed by atoms with Crippen LogP contribution in [0, 0.1) is 5.92 Å². The summed E-state index contributed by atoms with van der Waals surface area (Å²) in [5.74, 6) is 1.94. The number of rotatable bonds is 8. The Morgan fingerprint density at radius 2 is 1.59 bits per heavy atom. The summed E-state index contributed by atoms with van der Waals surface area (Å²) in [6.45, 7) is 4.56. The van der Waals surface area contributed by atoms with Gasteiger partial charge in [0.05, 0.1) is 19.8 Å². The van der Waals surface area contributed by atoms with Crippen molar-refractivity contribution in [2.45, 2.75) is 45.1 Å². The molecule has 0 saturated carbocycles. The summed E-state index contributed by atoms with van der Waals surface area (Å²) in [7, 11) is 1.61. The number of hydrogen-bond acceptors (Lipinski definition) is 7. The first-order chi connectivity index (χ1) is 21.3. The van der Waals surface area contributed by atoms with Crippen molar-refractivity contribution < 1.29 is 28.5 Å². The summed E-state index contributed by atoms with van der Waals surface area (Å²) < 4.78 is 23.9. The first kappa shape index (κ1) is 29.2. The second-order valence-corrected chi connectivity index (χ2v) is 11.4. The van der Waals surface area contributed by atoms with Gasteiger partial charge in [0.1, 0.15) is 23.9 Å². The highest BCUT2D eigenvalue weighted by molar-refractivity contribution is 5.94. The third-order valence-corrected chi connectivity index (χ3v) is 7.89. The standard InChI is InChI=1S/C35H35N3O6/c1-21(2)16-30(36)33(39)37-24-10-8-22(9-11-24)19-42-34(40)38-25-12-14-28-31(17-25)44-32-18-26(41-3)13-15-29(32)35(28)27-7-5-4-6-23(27)20-43-35/h4-15,17-18,21,30H,16,19-20,36H2,1-3H3,(H,37,39)(H,38,40)/t30-,35?/m0/s1. The van der Waals surface area contributed by atoms with E-state index < -0.39 is 17.7 Å². The molecule has 9 heteroatoms. The Labute approximate surface area is 256 Å². The van der Waals surface area contributed by atoms with Crippen molar-refractivity contribution in [1.82, 2.24) is 0 Å². The third-order valence-electron chi connectivity index (χ3n) is 7.89. The van der Waals surface area contributed by atoms with Crippen LogP contribution in [0.2, 0.25) is 0 Å². The molecular formula is C35H35N3O6. The van der Waals surface area contributed by atoms with Crippen LogP contribution in [0.1, 0.15) is 48.1 Å². The summed E-state index contributed by atoms with van der Waals surface area (Å²) in [5.41, 5.74) is 10.9. The number of hydrogen-bond donors (Lipinski definition) is 3. The zero-order chi connectivity index (χ0) is 30.8. The summed E-state index contributed by atoms with van der Waals surface area (Å²) in [5, 5.41) is 5.62. The highest BCUT2D eigenvalue weighted by atomic mass is 16.5. The number of nitrogens with two attached hydrogens (primary N) is 1. The molecule has 2 aliphatic heterocycles. The zero-order valence-corrected chi connectivity index (χ0v) is 24.9. The number of methoxy groups -OCH3 is 1. The number of amides is 2. The maximum atomic E-state index is 12.7. The van der Waals surface area contributed by atoms with E-state index in [1.54, 1.807) is 37.4 Å². The lowest BCUT2D eigenvalue weighted by Gasteiger charge is -2.37. The van der Waals surface area contributed by atoms with Gasteiger partial charge in [0.15, 0.2) is 5.60 Å². The van der Waals surface area contributed by atoms with E-state index in [0.717, 1.165) is 27.8 Å². The highest BCUT2D eigenvalue weighted by Gasteiger charge is 2.49. The monoisotopic (exact) mass is 593 g/mol. The largest absolute Gasteiger partial charge is 0.497 e. The summed E-state index contributed by atoms with van der Waals surface area (Å²) in [6, 6.07) is 25.9. The number of carbonyl (C=O) groups is 2. The fraction of sp³-hybridized carbons (Fsp3) is 0.257. The number of ether oxygens (including phenoxy) is 4. The van der Waals surface area contributed by atoms with Gasteiger partial charge in [-0.2, -0.15) is 0 Å². The predicted octanol–water partition coefficient (Wildman–Crippen LogP) is 6.68. The van der Waals surface area contributed by atoms with E-state index in [4.69, 9.17) is 24.7 Å². The molecule has 6 rings (SSSR count).